The first-order chi connectivity index (χ1) is 17.9. The predicted octanol–water partition coefficient (Wildman–Crippen LogP) is 6.06. The molecule has 2 heterocycles. The van der Waals surface area contributed by atoms with Crippen LogP contribution >= 0.6 is 11.6 Å². The van der Waals surface area contributed by atoms with E-state index in [2.05, 4.69) is 15.0 Å². The SMILES string of the molecule is O=C1CN(C(=O)c2ccc(C3=NOC(c4cc(Cl)cc(C(F)(F)F)c4)(C(F)(F)F)C3)cc2CC(F)(F)F)C=N1. The van der Waals surface area contributed by atoms with Gasteiger partial charge in [-0.2, -0.15) is 39.5 Å². The summed E-state index contributed by atoms with van der Waals surface area (Å²) < 4.78 is 122. The highest BCUT2D eigenvalue weighted by Crippen LogP contribution is 2.50. The summed E-state index contributed by atoms with van der Waals surface area (Å²) in [4.78, 5) is 32.8. The Morgan fingerprint density at radius 3 is 2.28 bits per heavy atom. The molecule has 2 aromatic rings. The molecule has 0 saturated heterocycles. The molecule has 2 aromatic carbocycles. The second-order valence-corrected chi connectivity index (χ2v) is 9.03. The van der Waals surface area contributed by atoms with Gasteiger partial charge in [0.25, 0.3) is 17.4 Å². The van der Waals surface area contributed by atoms with Crippen molar-refractivity contribution in [3.63, 3.8) is 0 Å². The van der Waals surface area contributed by atoms with Crippen LogP contribution in [0.1, 0.15) is 39.0 Å². The van der Waals surface area contributed by atoms with E-state index in [9.17, 15) is 49.1 Å². The number of rotatable bonds is 4. The van der Waals surface area contributed by atoms with E-state index < -0.39 is 88.3 Å². The minimum atomic E-state index is -5.34. The number of oxime groups is 1. The van der Waals surface area contributed by atoms with Gasteiger partial charge in [-0.3, -0.25) is 14.5 Å². The molecule has 0 bridgehead atoms. The monoisotopic (exact) mass is 585 g/mol. The predicted molar refractivity (Wildman–Crippen MR) is 117 cm³/mol. The lowest BCUT2D eigenvalue weighted by molar-refractivity contribution is -0.276. The Morgan fingerprint density at radius 2 is 1.72 bits per heavy atom. The molecule has 6 nitrogen and oxygen atoms in total. The second kappa shape index (κ2) is 9.54. The summed E-state index contributed by atoms with van der Waals surface area (Å²) in [5.41, 5.74) is -7.92. The first-order valence-corrected chi connectivity index (χ1v) is 11.1. The highest BCUT2D eigenvalue weighted by molar-refractivity contribution is 6.30. The number of hydrogen-bond donors (Lipinski definition) is 0. The van der Waals surface area contributed by atoms with Crippen LogP contribution in [0.5, 0.6) is 0 Å². The summed E-state index contributed by atoms with van der Waals surface area (Å²) in [7, 11) is 0. The molecule has 1 unspecified atom stereocenters. The third-order valence-corrected chi connectivity index (χ3v) is 6.06. The summed E-state index contributed by atoms with van der Waals surface area (Å²) >= 11 is 5.66. The molecule has 2 amide bonds. The normalized spacial score (nSPS) is 19.9. The number of amides is 2. The minimum absolute atomic E-state index is 0.202. The zero-order chi connectivity index (χ0) is 29.0. The van der Waals surface area contributed by atoms with Crippen LogP contribution in [0.15, 0.2) is 46.5 Å². The van der Waals surface area contributed by atoms with E-state index in [0.717, 1.165) is 29.4 Å². The van der Waals surface area contributed by atoms with Crippen LogP contribution in [0.25, 0.3) is 0 Å². The standard InChI is InChI=1S/C23H13ClF9N3O3/c24-15-5-13(4-14(6-15)22(28,29)30)20(23(31,32)33)8-17(35-39-20)11-1-2-16(12(3-11)7-21(25,26)27)19(38)36-9-18(37)34-10-36/h1-6,10H,7-9H2. The number of carbonyl (C=O) groups is 2. The molecule has 0 aromatic heterocycles. The maximum atomic E-state index is 14.3. The molecule has 0 spiro atoms. The van der Waals surface area contributed by atoms with Gasteiger partial charge < -0.3 is 4.84 Å². The fraction of sp³-hybridized carbons (Fsp3) is 0.304. The number of hydrogen-bond acceptors (Lipinski definition) is 4. The average molecular weight is 586 g/mol. The van der Waals surface area contributed by atoms with Crippen molar-refractivity contribution in [2.75, 3.05) is 6.54 Å². The van der Waals surface area contributed by atoms with Crippen LogP contribution in [0.3, 0.4) is 0 Å². The van der Waals surface area contributed by atoms with Crippen molar-refractivity contribution in [1.29, 1.82) is 0 Å². The molecule has 16 heteroatoms. The van der Waals surface area contributed by atoms with Crippen LogP contribution in [0.2, 0.25) is 5.02 Å². The van der Waals surface area contributed by atoms with Crippen molar-refractivity contribution < 1.29 is 53.9 Å². The Labute approximate surface area is 217 Å². The molecule has 0 N–H and O–H groups in total. The topological polar surface area (TPSA) is 71.3 Å². The molecular weight excluding hydrogens is 573 g/mol. The largest absolute Gasteiger partial charge is 0.435 e. The van der Waals surface area contributed by atoms with Gasteiger partial charge >= 0.3 is 18.5 Å². The average Bonchev–Trinajstić information content (AvgIpc) is 3.44. The number of alkyl halides is 9. The third-order valence-electron chi connectivity index (χ3n) is 5.84. The summed E-state index contributed by atoms with van der Waals surface area (Å²) in [6.07, 6.45) is -17.3. The van der Waals surface area contributed by atoms with Gasteiger partial charge in [0.05, 0.1) is 17.7 Å². The summed E-state index contributed by atoms with van der Waals surface area (Å²) in [5, 5.41) is 2.69. The molecule has 2 aliphatic heterocycles. The van der Waals surface area contributed by atoms with E-state index in [1.165, 1.54) is 0 Å². The van der Waals surface area contributed by atoms with E-state index in [-0.39, 0.29) is 11.6 Å². The molecule has 1 atom stereocenters. The number of halogens is 10. The quantitative estimate of drug-likeness (QED) is 0.410. The maximum Gasteiger partial charge on any atom is 0.435 e. The van der Waals surface area contributed by atoms with Gasteiger partial charge in [0, 0.05) is 22.6 Å². The first kappa shape index (κ1) is 28.4. The second-order valence-electron chi connectivity index (χ2n) is 8.59. The first-order valence-electron chi connectivity index (χ1n) is 10.7. The van der Waals surface area contributed by atoms with Crippen LogP contribution in [0, 0.1) is 0 Å². The van der Waals surface area contributed by atoms with E-state index in [0.29, 0.717) is 12.1 Å². The number of carbonyl (C=O) groups excluding carboxylic acids is 2. The molecular formula is C23H13ClF9N3O3. The van der Waals surface area contributed by atoms with Crippen molar-refractivity contribution in [2.24, 2.45) is 10.1 Å². The summed E-state index contributed by atoms with van der Waals surface area (Å²) in [6.45, 7) is -0.514. The van der Waals surface area contributed by atoms with Gasteiger partial charge in [0.1, 0.15) is 12.9 Å². The van der Waals surface area contributed by atoms with Crippen molar-refractivity contribution >= 4 is 35.5 Å². The summed E-state index contributed by atoms with van der Waals surface area (Å²) in [5.74, 6) is -1.73. The van der Waals surface area contributed by atoms with E-state index >= 15 is 0 Å². The molecule has 2 aliphatic rings. The number of nitrogens with zero attached hydrogens (tertiary/aromatic N) is 3. The van der Waals surface area contributed by atoms with E-state index in [4.69, 9.17) is 11.6 Å². The molecule has 0 fully saturated rings. The van der Waals surface area contributed by atoms with Gasteiger partial charge in [-0.05, 0) is 41.5 Å². The molecule has 0 saturated carbocycles. The fourth-order valence-corrected chi connectivity index (χ4v) is 4.26. The van der Waals surface area contributed by atoms with Crippen molar-refractivity contribution in [2.45, 2.75) is 37.0 Å². The van der Waals surface area contributed by atoms with E-state index in [1.54, 1.807) is 0 Å². The van der Waals surface area contributed by atoms with E-state index in [1.807, 2.05) is 0 Å². The zero-order valence-electron chi connectivity index (χ0n) is 19.0. The number of aliphatic imine (C=N–C) groups is 1. The van der Waals surface area contributed by atoms with Crippen LogP contribution in [-0.2, 0) is 27.8 Å². The summed E-state index contributed by atoms with van der Waals surface area (Å²) in [6, 6.07) is 3.95. The van der Waals surface area contributed by atoms with Crippen molar-refractivity contribution in [3.8, 4) is 0 Å². The Kier molecular flexibility index (Phi) is 6.94. The minimum Gasteiger partial charge on any atom is -0.374 e. The number of benzene rings is 2. The van der Waals surface area contributed by atoms with Gasteiger partial charge in [-0.25, -0.2) is 4.99 Å². The Bertz CT molecular complexity index is 1400. The lowest BCUT2D eigenvalue weighted by atomic mass is 9.85. The Hall–Kier alpha value is -3.62. The van der Waals surface area contributed by atoms with Gasteiger partial charge in [0.15, 0.2) is 0 Å². The van der Waals surface area contributed by atoms with Crippen LogP contribution < -0.4 is 0 Å². The molecule has 4 rings (SSSR count). The fourth-order valence-electron chi connectivity index (χ4n) is 4.03. The Morgan fingerprint density at radius 1 is 1.03 bits per heavy atom. The lowest BCUT2D eigenvalue weighted by Gasteiger charge is -2.30. The zero-order valence-corrected chi connectivity index (χ0v) is 19.8. The van der Waals surface area contributed by atoms with Gasteiger partial charge in [-0.15, -0.1) is 0 Å². The molecule has 208 valence electrons. The van der Waals surface area contributed by atoms with Crippen LogP contribution in [-0.4, -0.2) is 47.7 Å². The van der Waals surface area contributed by atoms with Gasteiger partial charge in [-0.1, -0.05) is 22.8 Å². The maximum absolute atomic E-state index is 14.3. The third kappa shape index (κ3) is 5.72. The smallest absolute Gasteiger partial charge is 0.374 e. The highest BCUT2D eigenvalue weighted by atomic mass is 35.5. The molecule has 0 radical (unpaired) electrons. The molecule has 0 aliphatic carbocycles. The van der Waals surface area contributed by atoms with Crippen molar-refractivity contribution in [3.05, 3.63) is 69.2 Å². The van der Waals surface area contributed by atoms with Crippen LogP contribution in [0.4, 0.5) is 39.5 Å². The highest BCUT2D eigenvalue weighted by Gasteiger charge is 2.62. The lowest BCUT2D eigenvalue weighted by Crippen LogP contribution is -2.43. The van der Waals surface area contributed by atoms with Crippen molar-refractivity contribution in [1.82, 2.24) is 4.90 Å². The van der Waals surface area contributed by atoms with Gasteiger partial charge in [0.2, 0.25) is 0 Å². The Balaban J connectivity index is 1.74. The molecule has 39 heavy (non-hydrogen) atoms.